The van der Waals surface area contributed by atoms with E-state index in [0.29, 0.717) is 31.1 Å². The van der Waals surface area contributed by atoms with E-state index in [1.54, 1.807) is 14.2 Å². The van der Waals surface area contributed by atoms with Gasteiger partial charge in [-0.1, -0.05) is 20.8 Å². The summed E-state index contributed by atoms with van der Waals surface area (Å²) < 4.78 is 9.61. The molecule has 0 saturated carbocycles. The van der Waals surface area contributed by atoms with Gasteiger partial charge in [-0.15, -0.1) is 0 Å². The van der Waals surface area contributed by atoms with Crippen LogP contribution in [0, 0.1) is 11.3 Å². The van der Waals surface area contributed by atoms with E-state index in [0.717, 1.165) is 38.8 Å². The van der Waals surface area contributed by atoms with Crippen molar-refractivity contribution in [2.24, 2.45) is 22.8 Å². The van der Waals surface area contributed by atoms with Crippen LogP contribution in [0.3, 0.4) is 0 Å². The molecule has 0 aromatic rings. The second-order valence-corrected chi connectivity index (χ2v) is 8.44. The van der Waals surface area contributed by atoms with Crippen LogP contribution in [0.4, 0.5) is 0 Å². The van der Waals surface area contributed by atoms with Gasteiger partial charge in [0.1, 0.15) is 0 Å². The molecule has 7 heteroatoms. The number of methoxy groups -OCH3 is 2. The third kappa shape index (κ3) is 21.9. The summed E-state index contributed by atoms with van der Waals surface area (Å²) >= 11 is 0. The predicted octanol–water partition coefficient (Wildman–Crippen LogP) is 1.11. The highest BCUT2D eigenvalue weighted by atomic mass is 16.5. The lowest BCUT2D eigenvalue weighted by molar-refractivity contribution is 0.0571. The summed E-state index contributed by atoms with van der Waals surface area (Å²) in [6.45, 7) is 11.7. The standard InChI is InChI=1S/C13H30N2O2.C7H17NO2/c1-11(7-13(2,3)5-6-14)8-15-9-12(16)10-17-4;1-6(8)3-4-7(9)5-10-2/h11-12,15-16H,5-10,14H2,1-4H3;6-7,9H,3-5,8H2,1-2H3. The molecule has 27 heavy (non-hydrogen) atoms. The first-order valence-electron chi connectivity index (χ1n) is 10.1. The first-order valence-corrected chi connectivity index (χ1v) is 10.1. The van der Waals surface area contributed by atoms with Crippen LogP contribution in [-0.4, -0.2) is 75.5 Å². The largest absolute Gasteiger partial charge is 0.391 e. The molecule has 4 atom stereocenters. The van der Waals surface area contributed by atoms with Crippen LogP contribution in [0.2, 0.25) is 0 Å². The highest BCUT2D eigenvalue weighted by Gasteiger charge is 2.20. The van der Waals surface area contributed by atoms with Gasteiger partial charge < -0.3 is 36.5 Å². The maximum atomic E-state index is 9.47. The molecule has 0 amide bonds. The number of nitrogens with one attached hydrogen (secondary N) is 1. The fourth-order valence-electron chi connectivity index (χ4n) is 2.99. The van der Waals surface area contributed by atoms with Crippen molar-refractivity contribution >= 4 is 0 Å². The van der Waals surface area contributed by atoms with E-state index in [1.807, 2.05) is 6.92 Å². The number of hydrogen-bond donors (Lipinski definition) is 5. The van der Waals surface area contributed by atoms with Crippen LogP contribution in [-0.2, 0) is 9.47 Å². The zero-order chi connectivity index (χ0) is 21.3. The average Bonchev–Trinajstić information content (AvgIpc) is 2.53. The van der Waals surface area contributed by atoms with E-state index in [9.17, 15) is 5.11 Å². The zero-order valence-corrected chi connectivity index (χ0v) is 18.5. The fourth-order valence-corrected chi connectivity index (χ4v) is 2.99. The molecule has 4 unspecified atom stereocenters. The lowest BCUT2D eigenvalue weighted by atomic mass is 9.80. The first kappa shape index (κ1) is 28.9. The molecule has 0 radical (unpaired) electrons. The summed E-state index contributed by atoms with van der Waals surface area (Å²) in [6.07, 6.45) is 3.03. The van der Waals surface area contributed by atoms with E-state index in [2.05, 4.69) is 26.1 Å². The Labute approximate surface area is 167 Å². The number of ether oxygens (including phenoxy) is 2. The van der Waals surface area contributed by atoms with Gasteiger partial charge >= 0.3 is 0 Å². The van der Waals surface area contributed by atoms with Crippen LogP contribution >= 0.6 is 0 Å². The molecule has 0 saturated heterocycles. The third-order valence-electron chi connectivity index (χ3n) is 4.27. The van der Waals surface area contributed by atoms with Gasteiger partial charge in [0.2, 0.25) is 0 Å². The summed E-state index contributed by atoms with van der Waals surface area (Å²) in [7, 11) is 3.18. The van der Waals surface area contributed by atoms with Crippen molar-refractivity contribution in [2.75, 3.05) is 47.1 Å². The first-order chi connectivity index (χ1) is 12.6. The molecule has 0 heterocycles. The van der Waals surface area contributed by atoms with Gasteiger partial charge in [0.05, 0.1) is 25.4 Å². The van der Waals surface area contributed by atoms with Crippen molar-refractivity contribution in [1.29, 1.82) is 0 Å². The molecule has 0 bridgehead atoms. The highest BCUT2D eigenvalue weighted by Crippen LogP contribution is 2.28. The fraction of sp³-hybridized carbons (Fsp3) is 1.00. The van der Waals surface area contributed by atoms with E-state index >= 15 is 0 Å². The van der Waals surface area contributed by atoms with Gasteiger partial charge in [0, 0.05) is 26.8 Å². The molecule has 0 rings (SSSR count). The van der Waals surface area contributed by atoms with E-state index < -0.39 is 6.10 Å². The minimum atomic E-state index is -0.413. The van der Waals surface area contributed by atoms with Gasteiger partial charge in [0.15, 0.2) is 0 Å². The number of aliphatic hydroxyl groups is 2. The monoisotopic (exact) mass is 393 g/mol. The molecule has 0 fully saturated rings. The van der Waals surface area contributed by atoms with Crippen molar-refractivity contribution in [3.63, 3.8) is 0 Å². The topological polar surface area (TPSA) is 123 Å². The Morgan fingerprint density at radius 2 is 1.52 bits per heavy atom. The zero-order valence-electron chi connectivity index (χ0n) is 18.5. The molecule has 0 aliphatic carbocycles. The van der Waals surface area contributed by atoms with Crippen LogP contribution in [0.1, 0.15) is 53.4 Å². The molecular formula is C20H47N3O4. The Morgan fingerprint density at radius 1 is 0.963 bits per heavy atom. The summed E-state index contributed by atoms with van der Waals surface area (Å²) in [6, 6.07) is 0.173. The number of nitrogens with two attached hydrogens (primary N) is 2. The Kier molecular flexibility index (Phi) is 19.1. The normalized spacial score (nSPS) is 16.2. The van der Waals surface area contributed by atoms with Crippen molar-refractivity contribution in [3.8, 4) is 0 Å². The van der Waals surface area contributed by atoms with Crippen molar-refractivity contribution in [3.05, 3.63) is 0 Å². The van der Waals surface area contributed by atoms with E-state index in [-0.39, 0.29) is 12.1 Å². The predicted molar refractivity (Wildman–Crippen MR) is 113 cm³/mol. The second kappa shape index (κ2) is 17.8. The lowest BCUT2D eigenvalue weighted by Crippen LogP contribution is -2.34. The Bertz CT molecular complexity index is 318. The molecule has 0 aromatic heterocycles. The van der Waals surface area contributed by atoms with Crippen molar-refractivity contribution < 1.29 is 19.7 Å². The molecule has 166 valence electrons. The number of rotatable bonds is 15. The summed E-state index contributed by atoms with van der Waals surface area (Å²) in [5.41, 5.74) is 11.4. The molecule has 7 N–H and O–H groups in total. The minimum Gasteiger partial charge on any atom is -0.391 e. The van der Waals surface area contributed by atoms with Gasteiger partial charge in [-0.05, 0) is 57.0 Å². The number of aliphatic hydroxyl groups excluding tert-OH is 2. The van der Waals surface area contributed by atoms with Gasteiger partial charge in [-0.2, -0.15) is 0 Å². The molecule has 0 aromatic carbocycles. The highest BCUT2D eigenvalue weighted by molar-refractivity contribution is 4.73. The summed E-state index contributed by atoms with van der Waals surface area (Å²) in [4.78, 5) is 0. The molecular weight excluding hydrogens is 346 g/mol. The maximum absolute atomic E-state index is 9.47. The van der Waals surface area contributed by atoms with E-state index in [4.69, 9.17) is 26.0 Å². The van der Waals surface area contributed by atoms with Crippen LogP contribution < -0.4 is 16.8 Å². The third-order valence-corrected chi connectivity index (χ3v) is 4.27. The van der Waals surface area contributed by atoms with Crippen LogP contribution in [0.25, 0.3) is 0 Å². The number of hydrogen-bond acceptors (Lipinski definition) is 7. The summed E-state index contributed by atoms with van der Waals surface area (Å²) in [5, 5.41) is 21.9. The lowest BCUT2D eigenvalue weighted by Gasteiger charge is -2.28. The minimum absolute atomic E-state index is 0.173. The van der Waals surface area contributed by atoms with Crippen molar-refractivity contribution in [2.45, 2.75) is 71.6 Å². The van der Waals surface area contributed by atoms with Gasteiger partial charge in [0.25, 0.3) is 0 Å². The molecule has 0 aliphatic heterocycles. The Hall–Kier alpha value is -0.280. The van der Waals surface area contributed by atoms with Crippen molar-refractivity contribution in [1.82, 2.24) is 5.32 Å². The van der Waals surface area contributed by atoms with Crippen LogP contribution in [0.5, 0.6) is 0 Å². The second-order valence-electron chi connectivity index (χ2n) is 8.44. The Balaban J connectivity index is 0. The molecule has 0 aliphatic rings. The summed E-state index contributed by atoms with van der Waals surface area (Å²) in [5.74, 6) is 0.589. The van der Waals surface area contributed by atoms with Gasteiger partial charge in [-0.25, -0.2) is 0 Å². The maximum Gasteiger partial charge on any atom is 0.0897 e. The molecule has 7 nitrogen and oxygen atoms in total. The molecule has 0 spiro atoms. The quantitative estimate of drug-likeness (QED) is 0.282. The van der Waals surface area contributed by atoms with Crippen LogP contribution in [0.15, 0.2) is 0 Å². The average molecular weight is 394 g/mol. The Morgan fingerprint density at radius 3 is 2.00 bits per heavy atom. The SMILES string of the molecule is COCC(O)CCC(C)N.COCC(O)CNCC(C)CC(C)(C)CCN. The van der Waals surface area contributed by atoms with Gasteiger partial charge in [-0.3, -0.25) is 0 Å². The van der Waals surface area contributed by atoms with E-state index in [1.165, 1.54) is 0 Å². The smallest absolute Gasteiger partial charge is 0.0897 e.